The predicted molar refractivity (Wildman–Crippen MR) is 65.0 cm³/mol. The Bertz CT molecular complexity index is 414. The number of rotatable bonds is 3. The van der Waals surface area contributed by atoms with Gasteiger partial charge in [0.25, 0.3) is 5.91 Å². The predicted octanol–water partition coefficient (Wildman–Crippen LogP) is 1.39. The zero-order chi connectivity index (χ0) is 12.3. The van der Waals surface area contributed by atoms with Crippen LogP contribution in [-0.2, 0) is 9.53 Å². The maximum absolute atomic E-state index is 11.8. The minimum Gasteiger partial charge on any atom is -0.497 e. The molecule has 2 rings (SSSR count). The second-order valence-electron chi connectivity index (χ2n) is 3.94. The van der Waals surface area contributed by atoms with Gasteiger partial charge in [0.05, 0.1) is 18.5 Å². The molecule has 1 heterocycles. The van der Waals surface area contributed by atoms with Crippen molar-refractivity contribution >= 4 is 17.3 Å². The Morgan fingerprint density at radius 3 is 3.06 bits per heavy atom. The number of methoxy groups -OCH3 is 1. The summed E-state index contributed by atoms with van der Waals surface area (Å²) in [7, 11) is 1.57. The molecule has 92 valence electrons. The highest BCUT2D eigenvalue weighted by Crippen LogP contribution is 2.25. The maximum Gasteiger partial charge on any atom is 0.253 e. The summed E-state index contributed by atoms with van der Waals surface area (Å²) < 4.78 is 10.4. The number of nitrogens with two attached hydrogens (primary N) is 1. The molecule has 1 atom stereocenters. The summed E-state index contributed by atoms with van der Waals surface area (Å²) in [5, 5.41) is 2.76. The molecule has 1 saturated heterocycles. The van der Waals surface area contributed by atoms with Gasteiger partial charge in [-0.3, -0.25) is 4.79 Å². The highest BCUT2D eigenvalue weighted by atomic mass is 16.5. The monoisotopic (exact) mass is 236 g/mol. The molecule has 0 aliphatic carbocycles. The van der Waals surface area contributed by atoms with E-state index >= 15 is 0 Å². The van der Waals surface area contributed by atoms with Crippen LogP contribution in [0.15, 0.2) is 18.2 Å². The first-order valence-electron chi connectivity index (χ1n) is 5.56. The Kier molecular flexibility index (Phi) is 3.49. The van der Waals surface area contributed by atoms with E-state index in [0.29, 0.717) is 23.7 Å². The lowest BCUT2D eigenvalue weighted by Gasteiger charge is -2.13. The van der Waals surface area contributed by atoms with E-state index in [-0.39, 0.29) is 12.0 Å². The molecule has 1 fully saturated rings. The van der Waals surface area contributed by atoms with Crippen molar-refractivity contribution < 1.29 is 14.3 Å². The van der Waals surface area contributed by atoms with Gasteiger partial charge in [-0.25, -0.2) is 0 Å². The molecular weight excluding hydrogens is 220 g/mol. The van der Waals surface area contributed by atoms with Gasteiger partial charge in [0, 0.05) is 12.7 Å². The molecule has 5 heteroatoms. The second kappa shape index (κ2) is 5.05. The molecule has 0 unspecified atom stereocenters. The van der Waals surface area contributed by atoms with E-state index in [1.807, 2.05) is 0 Å². The minimum atomic E-state index is -0.361. The minimum absolute atomic E-state index is 0.151. The molecule has 0 spiro atoms. The topological polar surface area (TPSA) is 73.6 Å². The molecule has 1 aliphatic rings. The molecule has 0 aromatic heterocycles. The first-order chi connectivity index (χ1) is 8.20. The van der Waals surface area contributed by atoms with Gasteiger partial charge >= 0.3 is 0 Å². The van der Waals surface area contributed by atoms with Gasteiger partial charge in [0.15, 0.2) is 0 Å². The maximum atomic E-state index is 11.8. The van der Waals surface area contributed by atoms with Crippen LogP contribution in [0.5, 0.6) is 5.75 Å². The summed E-state index contributed by atoms with van der Waals surface area (Å²) in [6.07, 6.45) is 1.32. The van der Waals surface area contributed by atoms with E-state index < -0.39 is 0 Å². The third kappa shape index (κ3) is 2.68. The fourth-order valence-corrected chi connectivity index (χ4v) is 1.77. The van der Waals surface area contributed by atoms with Crippen molar-refractivity contribution in [2.24, 2.45) is 0 Å². The smallest absolute Gasteiger partial charge is 0.253 e. The number of carbonyl (C=O) groups is 1. The van der Waals surface area contributed by atoms with E-state index in [2.05, 4.69) is 5.32 Å². The standard InChI is InChI=1S/C12H16N2O3/c1-16-8-4-5-9(13)10(7-8)14-12(15)11-3-2-6-17-11/h4-5,7,11H,2-3,6,13H2,1H3,(H,14,15)/t11-/m1/s1. The normalized spacial score (nSPS) is 19.0. The van der Waals surface area contributed by atoms with Crippen LogP contribution >= 0.6 is 0 Å². The van der Waals surface area contributed by atoms with Crippen LogP contribution in [0.4, 0.5) is 11.4 Å². The van der Waals surface area contributed by atoms with Gasteiger partial charge in [-0.05, 0) is 25.0 Å². The van der Waals surface area contributed by atoms with Crippen LogP contribution in [0.2, 0.25) is 0 Å². The Balaban J connectivity index is 2.09. The van der Waals surface area contributed by atoms with Crippen molar-refractivity contribution in [3.05, 3.63) is 18.2 Å². The van der Waals surface area contributed by atoms with Crippen LogP contribution in [0, 0.1) is 0 Å². The zero-order valence-corrected chi connectivity index (χ0v) is 9.73. The largest absolute Gasteiger partial charge is 0.497 e. The Labute approximate surface area is 99.9 Å². The number of nitrogens with one attached hydrogen (secondary N) is 1. The summed E-state index contributed by atoms with van der Waals surface area (Å²) in [6.45, 7) is 0.645. The second-order valence-corrected chi connectivity index (χ2v) is 3.94. The van der Waals surface area contributed by atoms with Gasteiger partial charge in [-0.15, -0.1) is 0 Å². The molecule has 0 bridgehead atoms. The summed E-state index contributed by atoms with van der Waals surface area (Å²) in [4.78, 5) is 11.8. The van der Waals surface area contributed by atoms with Crippen LogP contribution in [-0.4, -0.2) is 25.7 Å². The zero-order valence-electron chi connectivity index (χ0n) is 9.73. The summed E-state index contributed by atoms with van der Waals surface area (Å²) in [5.74, 6) is 0.504. The Hall–Kier alpha value is -1.75. The van der Waals surface area contributed by atoms with Crippen molar-refractivity contribution in [3.8, 4) is 5.75 Å². The quantitative estimate of drug-likeness (QED) is 0.778. The molecular formula is C12H16N2O3. The van der Waals surface area contributed by atoms with Gasteiger partial charge in [-0.2, -0.15) is 0 Å². The first-order valence-corrected chi connectivity index (χ1v) is 5.56. The number of amides is 1. The molecule has 1 aromatic carbocycles. The van der Waals surface area contributed by atoms with Gasteiger partial charge in [0.2, 0.25) is 0 Å². The van der Waals surface area contributed by atoms with E-state index in [1.54, 1.807) is 25.3 Å². The van der Waals surface area contributed by atoms with Crippen LogP contribution in [0.1, 0.15) is 12.8 Å². The summed E-state index contributed by atoms with van der Waals surface area (Å²) in [5.41, 5.74) is 6.85. The van der Waals surface area contributed by atoms with Crippen molar-refractivity contribution in [2.45, 2.75) is 18.9 Å². The fourth-order valence-electron chi connectivity index (χ4n) is 1.77. The number of anilines is 2. The van der Waals surface area contributed by atoms with Gasteiger partial charge < -0.3 is 20.5 Å². The molecule has 1 aromatic rings. The number of hydrogen-bond donors (Lipinski definition) is 2. The average molecular weight is 236 g/mol. The third-order valence-electron chi connectivity index (χ3n) is 2.74. The van der Waals surface area contributed by atoms with Crippen LogP contribution in [0.3, 0.4) is 0 Å². The third-order valence-corrected chi connectivity index (χ3v) is 2.74. The lowest BCUT2D eigenvalue weighted by molar-refractivity contribution is -0.124. The molecule has 0 saturated carbocycles. The number of hydrogen-bond acceptors (Lipinski definition) is 4. The molecule has 1 amide bonds. The first kappa shape index (κ1) is 11.7. The summed E-state index contributed by atoms with van der Waals surface area (Å²) >= 11 is 0. The van der Waals surface area contributed by atoms with Gasteiger partial charge in [-0.1, -0.05) is 0 Å². The Morgan fingerprint density at radius 2 is 2.41 bits per heavy atom. The SMILES string of the molecule is COc1ccc(N)c(NC(=O)[C@H]2CCCO2)c1. The number of nitrogen functional groups attached to an aromatic ring is 1. The Morgan fingerprint density at radius 1 is 1.59 bits per heavy atom. The molecule has 1 aliphatic heterocycles. The highest BCUT2D eigenvalue weighted by molar-refractivity contribution is 5.97. The van der Waals surface area contributed by atoms with E-state index in [1.165, 1.54) is 0 Å². The van der Waals surface area contributed by atoms with Crippen molar-refractivity contribution in [1.82, 2.24) is 0 Å². The van der Waals surface area contributed by atoms with E-state index in [9.17, 15) is 4.79 Å². The molecule has 3 N–H and O–H groups in total. The number of benzene rings is 1. The molecule has 17 heavy (non-hydrogen) atoms. The lowest BCUT2D eigenvalue weighted by atomic mass is 10.2. The number of carbonyl (C=O) groups excluding carboxylic acids is 1. The molecule has 5 nitrogen and oxygen atoms in total. The fraction of sp³-hybridized carbons (Fsp3) is 0.417. The van der Waals surface area contributed by atoms with Crippen molar-refractivity contribution in [3.63, 3.8) is 0 Å². The van der Waals surface area contributed by atoms with Crippen LogP contribution < -0.4 is 15.8 Å². The van der Waals surface area contributed by atoms with Crippen molar-refractivity contribution in [1.29, 1.82) is 0 Å². The highest BCUT2D eigenvalue weighted by Gasteiger charge is 2.24. The van der Waals surface area contributed by atoms with Crippen molar-refractivity contribution in [2.75, 3.05) is 24.8 Å². The lowest BCUT2D eigenvalue weighted by Crippen LogP contribution is -2.27. The van der Waals surface area contributed by atoms with E-state index in [4.69, 9.17) is 15.2 Å². The number of ether oxygens (including phenoxy) is 2. The van der Waals surface area contributed by atoms with Gasteiger partial charge in [0.1, 0.15) is 11.9 Å². The van der Waals surface area contributed by atoms with Crippen LogP contribution in [0.25, 0.3) is 0 Å². The molecule has 0 radical (unpaired) electrons. The average Bonchev–Trinajstić information content (AvgIpc) is 2.85. The summed E-state index contributed by atoms with van der Waals surface area (Å²) in [6, 6.07) is 5.14. The van der Waals surface area contributed by atoms with E-state index in [0.717, 1.165) is 12.8 Å².